The zero-order valence-electron chi connectivity index (χ0n) is 15.7. The molecule has 1 aliphatic carbocycles. The number of Topliss-reactive ketones (excluding diaryl/α,β-unsaturated/α-hetero) is 1. The maximum atomic E-state index is 13.6. The van der Waals surface area contributed by atoms with Gasteiger partial charge in [0.15, 0.2) is 5.78 Å². The number of hydrogen-bond acceptors (Lipinski definition) is 4. The highest BCUT2D eigenvalue weighted by Crippen LogP contribution is 2.44. The molecule has 29 heavy (non-hydrogen) atoms. The smallest absolute Gasteiger partial charge is 0.423 e. The number of alkyl halides is 3. The Kier molecular flexibility index (Phi) is 7.54. The van der Waals surface area contributed by atoms with Crippen LogP contribution in [0, 0.1) is 5.92 Å². The van der Waals surface area contributed by atoms with Crippen LogP contribution in [-0.2, 0) is 19.3 Å². The van der Waals surface area contributed by atoms with Crippen molar-refractivity contribution in [3.05, 3.63) is 58.7 Å². The summed E-state index contributed by atoms with van der Waals surface area (Å²) in [4.78, 5) is 12.3. The van der Waals surface area contributed by atoms with Crippen molar-refractivity contribution in [1.29, 1.82) is 0 Å². The first kappa shape index (κ1) is 23.0. The zero-order valence-corrected chi connectivity index (χ0v) is 16.5. The van der Waals surface area contributed by atoms with E-state index in [1.807, 2.05) is 0 Å². The molecule has 8 heteroatoms. The third-order valence-electron chi connectivity index (χ3n) is 5.08. The molecule has 0 aromatic heterocycles. The summed E-state index contributed by atoms with van der Waals surface area (Å²) in [5.41, 5.74) is 5.46. The monoisotopic (exact) mass is 429 g/mol. The molecule has 158 valence electrons. The molecule has 4 nitrogen and oxygen atoms in total. The Bertz CT molecular complexity index is 849. The van der Waals surface area contributed by atoms with Crippen molar-refractivity contribution in [1.82, 2.24) is 0 Å². The first-order chi connectivity index (χ1) is 13.3. The van der Waals surface area contributed by atoms with Gasteiger partial charge in [-0.15, -0.1) is 12.4 Å². The lowest BCUT2D eigenvalue weighted by atomic mass is 9.80. The van der Waals surface area contributed by atoms with Crippen LogP contribution in [0.4, 0.5) is 13.2 Å². The van der Waals surface area contributed by atoms with E-state index in [0.29, 0.717) is 12.1 Å². The summed E-state index contributed by atoms with van der Waals surface area (Å²) in [5, 5.41) is 10.2. The number of benzene rings is 2. The summed E-state index contributed by atoms with van der Waals surface area (Å²) in [7, 11) is 0. The van der Waals surface area contributed by atoms with Crippen LogP contribution in [-0.4, -0.2) is 10.9 Å². The van der Waals surface area contributed by atoms with E-state index < -0.39 is 29.0 Å². The maximum absolute atomic E-state index is 13.6. The van der Waals surface area contributed by atoms with E-state index in [-0.39, 0.29) is 36.9 Å². The third-order valence-corrected chi connectivity index (χ3v) is 5.08. The Hall–Kier alpha value is -2.25. The Balaban J connectivity index is 0.00000300. The Morgan fingerprint density at radius 2 is 1.72 bits per heavy atom. The van der Waals surface area contributed by atoms with Crippen molar-refractivity contribution in [3.63, 3.8) is 0 Å². The van der Waals surface area contributed by atoms with Gasteiger partial charge in [-0.1, -0.05) is 43.5 Å². The lowest BCUT2D eigenvalue weighted by molar-refractivity contribution is -0.140. The minimum absolute atomic E-state index is 0. The van der Waals surface area contributed by atoms with E-state index in [4.69, 9.17) is 10.5 Å². The van der Waals surface area contributed by atoms with Crippen molar-refractivity contribution in [3.8, 4) is 11.5 Å². The number of rotatable bonds is 7. The average Bonchev–Trinajstić information content (AvgIpc) is 2.62. The number of phenolic OH excluding ortho intramolecular Hbond substituents is 1. The number of ether oxygens (including phenoxy) is 1. The van der Waals surface area contributed by atoms with Gasteiger partial charge in [-0.2, -0.15) is 13.2 Å². The molecule has 0 aliphatic heterocycles. The SMILES string of the molecule is Cl.NCc1ccc(COc2ccc(C(=O)CC3CCC3)c(O)c2C(F)(F)F)cc1. The molecule has 3 N–H and O–H groups in total. The molecule has 1 saturated carbocycles. The van der Waals surface area contributed by atoms with Gasteiger partial charge >= 0.3 is 6.18 Å². The van der Waals surface area contributed by atoms with Crippen LogP contribution in [0.5, 0.6) is 11.5 Å². The van der Waals surface area contributed by atoms with Gasteiger partial charge in [0, 0.05) is 13.0 Å². The van der Waals surface area contributed by atoms with E-state index in [2.05, 4.69) is 0 Å². The number of carbonyl (C=O) groups is 1. The number of aromatic hydroxyl groups is 1. The molecule has 0 amide bonds. The van der Waals surface area contributed by atoms with E-state index in [9.17, 15) is 23.1 Å². The predicted molar refractivity (Wildman–Crippen MR) is 105 cm³/mol. The van der Waals surface area contributed by atoms with Crippen LogP contribution in [0.2, 0.25) is 0 Å². The van der Waals surface area contributed by atoms with E-state index in [1.54, 1.807) is 24.3 Å². The first-order valence-electron chi connectivity index (χ1n) is 9.16. The molecule has 0 saturated heterocycles. The van der Waals surface area contributed by atoms with Crippen LogP contribution in [0.3, 0.4) is 0 Å². The number of nitrogens with two attached hydrogens (primary N) is 1. The van der Waals surface area contributed by atoms with Gasteiger partial charge < -0.3 is 15.6 Å². The summed E-state index contributed by atoms with van der Waals surface area (Å²) < 4.78 is 46.0. The highest BCUT2D eigenvalue weighted by atomic mass is 35.5. The van der Waals surface area contributed by atoms with Gasteiger partial charge in [-0.05, 0) is 29.2 Å². The van der Waals surface area contributed by atoms with Crippen molar-refractivity contribution in [2.24, 2.45) is 11.7 Å². The molecular weight excluding hydrogens is 407 g/mol. The highest BCUT2D eigenvalue weighted by molar-refractivity contribution is 5.99. The van der Waals surface area contributed by atoms with Crippen molar-refractivity contribution >= 4 is 18.2 Å². The van der Waals surface area contributed by atoms with E-state index >= 15 is 0 Å². The van der Waals surface area contributed by atoms with Gasteiger partial charge in [-0.25, -0.2) is 0 Å². The van der Waals surface area contributed by atoms with E-state index in [1.165, 1.54) is 6.07 Å². The normalized spacial score (nSPS) is 14.1. The van der Waals surface area contributed by atoms with Crippen LogP contribution < -0.4 is 10.5 Å². The average molecular weight is 430 g/mol. The number of ketones is 1. The molecule has 3 rings (SSSR count). The second kappa shape index (κ2) is 9.50. The molecule has 0 bridgehead atoms. The van der Waals surface area contributed by atoms with Crippen LogP contribution in [0.1, 0.15) is 52.7 Å². The van der Waals surface area contributed by atoms with Crippen LogP contribution >= 0.6 is 12.4 Å². The minimum Gasteiger partial charge on any atom is -0.506 e. The molecule has 0 unspecified atom stereocenters. The molecule has 2 aromatic carbocycles. The lowest BCUT2D eigenvalue weighted by Crippen LogP contribution is -2.17. The molecule has 0 heterocycles. The molecule has 1 fully saturated rings. The third kappa shape index (κ3) is 5.42. The molecule has 2 aromatic rings. The fraction of sp³-hybridized carbons (Fsp3) is 0.381. The quantitative estimate of drug-likeness (QED) is 0.590. The predicted octanol–water partition coefficient (Wildman–Crippen LogP) is 5.24. The largest absolute Gasteiger partial charge is 0.506 e. The Labute approximate surface area is 173 Å². The van der Waals surface area contributed by atoms with Crippen molar-refractivity contribution in [2.75, 3.05) is 0 Å². The topological polar surface area (TPSA) is 72.5 Å². The molecular formula is C21H23ClF3NO3. The molecule has 0 atom stereocenters. The second-order valence-corrected chi connectivity index (χ2v) is 7.07. The fourth-order valence-corrected chi connectivity index (χ4v) is 3.19. The summed E-state index contributed by atoms with van der Waals surface area (Å²) in [6.45, 7) is 0.256. The van der Waals surface area contributed by atoms with Gasteiger partial charge in [0.2, 0.25) is 0 Å². The van der Waals surface area contributed by atoms with Crippen LogP contribution in [0.25, 0.3) is 0 Å². The Morgan fingerprint density at radius 3 is 2.24 bits per heavy atom. The number of hydrogen-bond donors (Lipinski definition) is 2. The lowest BCUT2D eigenvalue weighted by Gasteiger charge is -2.25. The number of halogens is 4. The summed E-state index contributed by atoms with van der Waals surface area (Å²) in [6.07, 6.45) is -1.89. The van der Waals surface area contributed by atoms with Gasteiger partial charge in [0.25, 0.3) is 0 Å². The van der Waals surface area contributed by atoms with Gasteiger partial charge in [-0.3, -0.25) is 4.79 Å². The molecule has 0 spiro atoms. The highest BCUT2D eigenvalue weighted by Gasteiger charge is 2.40. The minimum atomic E-state index is -4.85. The maximum Gasteiger partial charge on any atom is 0.423 e. The molecule has 1 aliphatic rings. The summed E-state index contributed by atoms with van der Waals surface area (Å²) in [5.74, 6) is -1.86. The number of phenols is 1. The number of carbonyl (C=O) groups excluding carboxylic acids is 1. The van der Waals surface area contributed by atoms with Gasteiger partial charge in [0.1, 0.15) is 23.7 Å². The zero-order chi connectivity index (χ0) is 20.3. The summed E-state index contributed by atoms with van der Waals surface area (Å²) >= 11 is 0. The van der Waals surface area contributed by atoms with Crippen molar-refractivity contribution < 1.29 is 27.8 Å². The summed E-state index contributed by atoms with van der Waals surface area (Å²) in [6, 6.07) is 9.27. The van der Waals surface area contributed by atoms with E-state index in [0.717, 1.165) is 30.9 Å². The van der Waals surface area contributed by atoms with Gasteiger partial charge in [0.05, 0.1) is 5.56 Å². The van der Waals surface area contributed by atoms with Crippen molar-refractivity contribution in [2.45, 2.75) is 45.0 Å². The van der Waals surface area contributed by atoms with Crippen LogP contribution in [0.15, 0.2) is 36.4 Å². The first-order valence-corrected chi connectivity index (χ1v) is 9.16. The molecule has 0 radical (unpaired) electrons. The fourth-order valence-electron chi connectivity index (χ4n) is 3.19. The standard InChI is InChI=1S/C21H22F3NO3.ClH/c22-21(23,24)19-18(28-12-15-6-4-14(11-25)5-7-15)9-8-16(20(19)27)17(26)10-13-2-1-3-13;/h4-9,13,27H,1-3,10-12,25H2;1H. The second-order valence-electron chi connectivity index (χ2n) is 7.07. The Morgan fingerprint density at radius 1 is 1.10 bits per heavy atom.